The van der Waals surface area contributed by atoms with Crippen molar-refractivity contribution in [3.05, 3.63) is 42.0 Å². The van der Waals surface area contributed by atoms with Gasteiger partial charge in [0.2, 0.25) is 0 Å². The van der Waals surface area contributed by atoms with Gasteiger partial charge in [-0.2, -0.15) is 0 Å². The number of likely N-dealkylation sites (tertiary alicyclic amines) is 1. The van der Waals surface area contributed by atoms with E-state index >= 15 is 0 Å². The average molecular weight is 309 g/mol. The van der Waals surface area contributed by atoms with Crippen LogP contribution in [0.25, 0.3) is 6.08 Å². The van der Waals surface area contributed by atoms with Gasteiger partial charge in [-0.25, -0.2) is 4.79 Å². The van der Waals surface area contributed by atoms with Crippen LogP contribution in [0, 0.1) is 0 Å². The topological polar surface area (TPSA) is 29.5 Å². The van der Waals surface area contributed by atoms with Crippen molar-refractivity contribution in [3.8, 4) is 0 Å². The Morgan fingerprint density at radius 2 is 1.90 bits per heavy atom. The van der Waals surface area contributed by atoms with Crippen LogP contribution < -0.4 is 12.4 Å². The van der Waals surface area contributed by atoms with Crippen LogP contribution in [0.1, 0.15) is 31.7 Å². The van der Waals surface area contributed by atoms with E-state index in [0.717, 1.165) is 25.2 Å². The third-order valence-corrected chi connectivity index (χ3v) is 3.49. The van der Waals surface area contributed by atoms with Crippen molar-refractivity contribution >= 4 is 12.0 Å². The van der Waals surface area contributed by atoms with E-state index in [2.05, 4.69) is 4.90 Å². The SMILES string of the molecule is CC(CN1CCCCC1)OC(=O)/C=C/c1ccccc1.[Cl-]. The van der Waals surface area contributed by atoms with Crippen molar-refractivity contribution in [1.29, 1.82) is 0 Å². The van der Waals surface area contributed by atoms with Crippen LogP contribution >= 0.6 is 0 Å². The van der Waals surface area contributed by atoms with Gasteiger partial charge in [0, 0.05) is 12.6 Å². The second-order valence-electron chi connectivity index (χ2n) is 5.35. The van der Waals surface area contributed by atoms with Gasteiger partial charge in [0.05, 0.1) is 0 Å². The number of hydrogen-bond acceptors (Lipinski definition) is 3. The van der Waals surface area contributed by atoms with E-state index in [1.165, 1.54) is 25.3 Å². The Labute approximate surface area is 133 Å². The molecule has 21 heavy (non-hydrogen) atoms. The zero-order chi connectivity index (χ0) is 14.2. The summed E-state index contributed by atoms with van der Waals surface area (Å²) in [6.45, 7) is 5.05. The standard InChI is InChI=1S/C17H23NO2.ClH/c1-15(14-18-12-6-3-7-13-18)20-17(19)11-10-16-8-4-2-5-9-16;/h2,4-5,8-11,15H,3,6-7,12-14H2,1H3;1H/p-1/b11-10+;. The molecule has 0 bridgehead atoms. The van der Waals surface area contributed by atoms with Gasteiger partial charge in [0.1, 0.15) is 6.10 Å². The van der Waals surface area contributed by atoms with Crippen molar-refractivity contribution in [1.82, 2.24) is 4.90 Å². The number of piperidine rings is 1. The van der Waals surface area contributed by atoms with Crippen molar-refractivity contribution in [2.24, 2.45) is 0 Å². The third-order valence-electron chi connectivity index (χ3n) is 3.49. The summed E-state index contributed by atoms with van der Waals surface area (Å²) >= 11 is 0. The van der Waals surface area contributed by atoms with Crippen LogP contribution in [0.5, 0.6) is 0 Å². The van der Waals surface area contributed by atoms with Gasteiger partial charge in [-0.3, -0.25) is 4.90 Å². The zero-order valence-corrected chi connectivity index (χ0v) is 13.3. The Morgan fingerprint density at radius 1 is 1.24 bits per heavy atom. The minimum atomic E-state index is -0.265. The molecule has 3 nitrogen and oxygen atoms in total. The fourth-order valence-corrected chi connectivity index (χ4v) is 2.51. The molecule has 2 rings (SSSR count). The molecule has 116 valence electrons. The van der Waals surface area contributed by atoms with E-state index in [9.17, 15) is 4.79 Å². The second-order valence-corrected chi connectivity index (χ2v) is 5.35. The molecular formula is C17H23ClNO2-. The number of halogens is 1. The van der Waals surface area contributed by atoms with E-state index in [4.69, 9.17) is 4.74 Å². The molecule has 1 aromatic rings. The summed E-state index contributed by atoms with van der Waals surface area (Å²) in [5, 5.41) is 0. The molecular weight excluding hydrogens is 286 g/mol. The van der Waals surface area contributed by atoms with Gasteiger partial charge >= 0.3 is 5.97 Å². The van der Waals surface area contributed by atoms with Crippen LogP contribution in [0.4, 0.5) is 0 Å². The fraction of sp³-hybridized carbons (Fsp3) is 0.471. The lowest BCUT2D eigenvalue weighted by molar-refractivity contribution is -0.143. The van der Waals surface area contributed by atoms with Crippen molar-refractivity contribution in [3.63, 3.8) is 0 Å². The summed E-state index contributed by atoms with van der Waals surface area (Å²) in [7, 11) is 0. The number of nitrogens with zero attached hydrogens (tertiary/aromatic N) is 1. The molecule has 1 saturated heterocycles. The number of hydrogen-bond donors (Lipinski definition) is 0. The molecule has 1 fully saturated rings. The lowest BCUT2D eigenvalue weighted by Gasteiger charge is -2.28. The second kappa shape index (κ2) is 9.59. The van der Waals surface area contributed by atoms with Crippen LogP contribution in [-0.4, -0.2) is 36.6 Å². The maximum absolute atomic E-state index is 11.7. The first-order valence-electron chi connectivity index (χ1n) is 7.40. The van der Waals surface area contributed by atoms with Gasteiger partial charge in [0.25, 0.3) is 0 Å². The molecule has 0 amide bonds. The Morgan fingerprint density at radius 3 is 2.57 bits per heavy atom. The van der Waals surface area contributed by atoms with Crippen LogP contribution in [0.3, 0.4) is 0 Å². The van der Waals surface area contributed by atoms with E-state index in [1.54, 1.807) is 6.08 Å². The fourth-order valence-electron chi connectivity index (χ4n) is 2.51. The van der Waals surface area contributed by atoms with Crippen LogP contribution in [-0.2, 0) is 9.53 Å². The smallest absolute Gasteiger partial charge is 0.331 e. The minimum absolute atomic E-state index is 0. The van der Waals surface area contributed by atoms with E-state index in [1.807, 2.05) is 37.3 Å². The molecule has 4 heteroatoms. The highest BCUT2D eigenvalue weighted by Gasteiger charge is 2.15. The predicted molar refractivity (Wildman–Crippen MR) is 81.3 cm³/mol. The first-order chi connectivity index (χ1) is 9.74. The summed E-state index contributed by atoms with van der Waals surface area (Å²) in [5.41, 5.74) is 1.01. The highest BCUT2D eigenvalue weighted by atomic mass is 35.5. The molecule has 1 heterocycles. The molecule has 1 unspecified atom stereocenters. The van der Waals surface area contributed by atoms with Gasteiger partial charge < -0.3 is 17.1 Å². The maximum atomic E-state index is 11.7. The predicted octanol–water partition coefficient (Wildman–Crippen LogP) is 0.121. The molecule has 0 N–H and O–H groups in total. The molecule has 0 saturated carbocycles. The minimum Gasteiger partial charge on any atom is -1.00 e. The van der Waals surface area contributed by atoms with Crippen molar-refractivity contribution in [2.45, 2.75) is 32.3 Å². The van der Waals surface area contributed by atoms with E-state index < -0.39 is 0 Å². The van der Waals surface area contributed by atoms with E-state index in [-0.39, 0.29) is 24.5 Å². The molecule has 1 aliphatic heterocycles. The van der Waals surface area contributed by atoms with Gasteiger partial charge in [-0.1, -0.05) is 36.8 Å². The Bertz CT molecular complexity index is 441. The molecule has 0 spiro atoms. The number of ether oxygens (including phenoxy) is 1. The first-order valence-corrected chi connectivity index (χ1v) is 7.40. The normalized spacial score (nSPS) is 17.2. The summed E-state index contributed by atoms with van der Waals surface area (Å²) in [6.07, 6.45) is 7.08. The molecule has 1 aliphatic rings. The molecule has 0 aliphatic carbocycles. The molecule has 1 aromatic carbocycles. The van der Waals surface area contributed by atoms with Gasteiger partial charge in [0.15, 0.2) is 0 Å². The van der Waals surface area contributed by atoms with Crippen LogP contribution in [0.2, 0.25) is 0 Å². The van der Waals surface area contributed by atoms with Gasteiger partial charge in [-0.05, 0) is 44.5 Å². The average Bonchev–Trinajstić information content (AvgIpc) is 2.47. The summed E-state index contributed by atoms with van der Waals surface area (Å²) in [4.78, 5) is 14.1. The quantitative estimate of drug-likeness (QED) is 0.572. The maximum Gasteiger partial charge on any atom is 0.331 e. The number of esters is 1. The largest absolute Gasteiger partial charge is 1.00 e. The number of rotatable bonds is 5. The number of carbonyl (C=O) groups excluding carboxylic acids is 1. The highest BCUT2D eigenvalue weighted by molar-refractivity contribution is 5.87. The lowest BCUT2D eigenvalue weighted by atomic mass is 10.1. The Kier molecular flexibility index (Phi) is 8.09. The molecule has 0 aromatic heterocycles. The monoisotopic (exact) mass is 308 g/mol. The third kappa shape index (κ3) is 6.78. The van der Waals surface area contributed by atoms with Gasteiger partial charge in [-0.15, -0.1) is 0 Å². The summed E-state index contributed by atoms with van der Waals surface area (Å²) in [6, 6.07) is 9.77. The summed E-state index contributed by atoms with van der Waals surface area (Å²) < 4.78 is 5.41. The van der Waals surface area contributed by atoms with E-state index in [0.29, 0.717) is 0 Å². The number of benzene rings is 1. The lowest BCUT2D eigenvalue weighted by Crippen LogP contribution is -3.00. The number of carbonyl (C=O) groups is 1. The van der Waals surface area contributed by atoms with Crippen molar-refractivity contribution < 1.29 is 21.9 Å². The first kappa shape index (κ1) is 17.7. The highest BCUT2D eigenvalue weighted by Crippen LogP contribution is 2.10. The van der Waals surface area contributed by atoms with Crippen molar-refractivity contribution in [2.75, 3.05) is 19.6 Å². The summed E-state index contributed by atoms with van der Waals surface area (Å²) in [5.74, 6) is -0.265. The molecule has 0 radical (unpaired) electrons. The Hall–Kier alpha value is -1.32. The molecule has 1 atom stereocenters. The van der Waals surface area contributed by atoms with Crippen LogP contribution in [0.15, 0.2) is 36.4 Å². The zero-order valence-electron chi connectivity index (χ0n) is 12.5. The Balaban J connectivity index is 0.00000220.